The largest absolute Gasteiger partial charge is 0.401 e. The van der Waals surface area contributed by atoms with Gasteiger partial charge in [0.1, 0.15) is 0 Å². The summed E-state index contributed by atoms with van der Waals surface area (Å²) in [6, 6.07) is 4.45. The molecule has 96 valence electrons. The summed E-state index contributed by atoms with van der Waals surface area (Å²) in [5.41, 5.74) is 0.700. The molecular weight excluding hydrogens is 274 g/mol. The van der Waals surface area contributed by atoms with E-state index in [9.17, 15) is 13.2 Å². The summed E-state index contributed by atoms with van der Waals surface area (Å²) < 4.78 is 36.3. The summed E-state index contributed by atoms with van der Waals surface area (Å²) in [6.45, 7) is 0.780. The van der Waals surface area contributed by atoms with Crippen LogP contribution in [-0.2, 0) is 0 Å². The highest BCUT2D eigenvalue weighted by Crippen LogP contribution is 2.27. The Balaban J connectivity index is 2.76. The number of rotatable bonds is 4. The van der Waals surface area contributed by atoms with Crippen molar-refractivity contribution in [3.8, 4) is 0 Å². The first-order chi connectivity index (χ1) is 7.83. The molecule has 1 unspecified atom stereocenters. The van der Waals surface area contributed by atoms with Crippen LogP contribution in [0.4, 0.5) is 13.2 Å². The molecule has 0 fully saturated rings. The Bertz CT molecular complexity index is 379. The molecular formula is C11H12Cl2F3N. The molecule has 17 heavy (non-hydrogen) atoms. The van der Waals surface area contributed by atoms with Gasteiger partial charge in [0, 0.05) is 6.04 Å². The van der Waals surface area contributed by atoms with Crippen LogP contribution in [0.2, 0.25) is 10.0 Å². The van der Waals surface area contributed by atoms with Crippen LogP contribution in [0.25, 0.3) is 0 Å². The quantitative estimate of drug-likeness (QED) is 0.853. The van der Waals surface area contributed by atoms with Crippen molar-refractivity contribution in [2.24, 2.45) is 0 Å². The van der Waals surface area contributed by atoms with Gasteiger partial charge >= 0.3 is 6.18 Å². The maximum Gasteiger partial charge on any atom is 0.401 e. The summed E-state index contributed by atoms with van der Waals surface area (Å²) in [4.78, 5) is 0. The average Bonchev–Trinajstić information content (AvgIpc) is 2.22. The van der Waals surface area contributed by atoms with Gasteiger partial charge in [0.05, 0.1) is 16.6 Å². The van der Waals surface area contributed by atoms with Gasteiger partial charge in [-0.3, -0.25) is 0 Å². The van der Waals surface area contributed by atoms with Crippen molar-refractivity contribution in [3.63, 3.8) is 0 Å². The minimum atomic E-state index is -4.22. The van der Waals surface area contributed by atoms with Crippen molar-refractivity contribution >= 4 is 23.2 Å². The summed E-state index contributed by atoms with van der Waals surface area (Å²) in [7, 11) is 0. The maximum atomic E-state index is 12.1. The fraction of sp³-hybridized carbons (Fsp3) is 0.455. The van der Waals surface area contributed by atoms with Crippen LogP contribution in [0.5, 0.6) is 0 Å². The number of halogens is 5. The Morgan fingerprint density at radius 1 is 1.24 bits per heavy atom. The van der Waals surface area contributed by atoms with Crippen molar-refractivity contribution in [2.45, 2.75) is 25.6 Å². The first kappa shape index (κ1) is 14.6. The second-order valence-corrected chi connectivity index (χ2v) is 4.44. The fourth-order valence-corrected chi connectivity index (χ4v) is 1.77. The van der Waals surface area contributed by atoms with Crippen molar-refractivity contribution < 1.29 is 13.2 Å². The predicted octanol–water partition coefficient (Wildman–Crippen LogP) is 4.60. The molecule has 0 amide bonds. The van der Waals surface area contributed by atoms with Gasteiger partial charge in [-0.25, -0.2) is 0 Å². The molecule has 0 aliphatic heterocycles. The van der Waals surface area contributed by atoms with Crippen LogP contribution in [0.1, 0.15) is 24.9 Å². The maximum absolute atomic E-state index is 12.1. The van der Waals surface area contributed by atoms with Gasteiger partial charge in [0.2, 0.25) is 0 Å². The second-order valence-electron chi connectivity index (χ2n) is 3.63. The van der Waals surface area contributed by atoms with Gasteiger partial charge in [-0.15, -0.1) is 0 Å². The van der Waals surface area contributed by atoms with Crippen LogP contribution >= 0.6 is 23.2 Å². The lowest BCUT2D eigenvalue weighted by atomic mass is 10.0. The molecule has 0 heterocycles. The molecule has 0 aliphatic rings. The molecule has 0 aromatic heterocycles. The summed E-state index contributed by atoms with van der Waals surface area (Å²) >= 11 is 11.6. The molecule has 0 saturated heterocycles. The van der Waals surface area contributed by atoms with E-state index in [2.05, 4.69) is 5.32 Å². The van der Waals surface area contributed by atoms with Crippen LogP contribution in [0, 0.1) is 0 Å². The highest BCUT2D eigenvalue weighted by molar-refractivity contribution is 6.42. The zero-order chi connectivity index (χ0) is 13.1. The monoisotopic (exact) mass is 285 g/mol. The van der Waals surface area contributed by atoms with E-state index in [1.165, 1.54) is 0 Å². The van der Waals surface area contributed by atoms with Crippen LogP contribution in [-0.4, -0.2) is 12.7 Å². The summed E-state index contributed by atoms with van der Waals surface area (Å²) in [5, 5.41) is 3.18. The third-order valence-corrected chi connectivity index (χ3v) is 3.04. The second kappa shape index (κ2) is 5.94. The number of benzene rings is 1. The number of hydrogen-bond donors (Lipinski definition) is 1. The Kier molecular flexibility index (Phi) is 5.10. The van der Waals surface area contributed by atoms with E-state index in [1.54, 1.807) is 25.1 Å². The first-order valence-electron chi connectivity index (χ1n) is 5.08. The van der Waals surface area contributed by atoms with Crippen molar-refractivity contribution in [1.82, 2.24) is 5.32 Å². The average molecular weight is 286 g/mol. The van der Waals surface area contributed by atoms with E-state index in [-0.39, 0.29) is 6.04 Å². The van der Waals surface area contributed by atoms with Gasteiger partial charge in [-0.05, 0) is 24.1 Å². The fourth-order valence-electron chi connectivity index (χ4n) is 1.47. The molecule has 1 rings (SSSR count). The smallest absolute Gasteiger partial charge is 0.302 e. The van der Waals surface area contributed by atoms with E-state index >= 15 is 0 Å². The third-order valence-electron chi connectivity index (χ3n) is 2.30. The van der Waals surface area contributed by atoms with Gasteiger partial charge in [-0.1, -0.05) is 36.2 Å². The molecule has 0 bridgehead atoms. The molecule has 0 spiro atoms. The highest BCUT2D eigenvalue weighted by Gasteiger charge is 2.28. The van der Waals surface area contributed by atoms with E-state index in [0.717, 1.165) is 0 Å². The number of nitrogens with one attached hydrogen (secondary N) is 1. The molecule has 6 heteroatoms. The minimum Gasteiger partial charge on any atom is -0.302 e. The zero-order valence-electron chi connectivity index (χ0n) is 9.11. The predicted molar refractivity (Wildman–Crippen MR) is 63.6 cm³/mol. The lowest BCUT2D eigenvalue weighted by Gasteiger charge is -2.19. The van der Waals surface area contributed by atoms with Crippen LogP contribution in [0.15, 0.2) is 18.2 Å². The van der Waals surface area contributed by atoms with Gasteiger partial charge in [0.15, 0.2) is 0 Å². The van der Waals surface area contributed by atoms with E-state index < -0.39 is 12.7 Å². The summed E-state index contributed by atoms with van der Waals surface area (Å²) in [5.74, 6) is 0. The topological polar surface area (TPSA) is 12.0 Å². The van der Waals surface area contributed by atoms with Gasteiger partial charge in [-0.2, -0.15) is 13.2 Å². The molecule has 0 radical (unpaired) electrons. The van der Waals surface area contributed by atoms with Crippen molar-refractivity contribution in [1.29, 1.82) is 0 Å². The van der Waals surface area contributed by atoms with E-state index in [1.807, 2.05) is 0 Å². The van der Waals surface area contributed by atoms with Crippen molar-refractivity contribution in [3.05, 3.63) is 33.8 Å². The number of alkyl halides is 3. The SMILES string of the molecule is CCC(NCC(F)(F)F)c1ccc(Cl)c(Cl)c1. The summed E-state index contributed by atoms with van der Waals surface area (Å²) in [6.07, 6.45) is -3.68. The van der Waals surface area contributed by atoms with Gasteiger partial charge in [0.25, 0.3) is 0 Å². The lowest BCUT2D eigenvalue weighted by Crippen LogP contribution is -2.31. The normalized spacial score (nSPS) is 13.8. The van der Waals surface area contributed by atoms with E-state index in [4.69, 9.17) is 23.2 Å². The molecule has 0 saturated carbocycles. The van der Waals surface area contributed by atoms with E-state index in [0.29, 0.717) is 22.0 Å². The highest BCUT2D eigenvalue weighted by atomic mass is 35.5. The molecule has 1 atom stereocenters. The standard InChI is InChI=1S/C11H12Cl2F3N/c1-2-10(17-6-11(14,15)16)7-3-4-8(12)9(13)5-7/h3-5,10,17H,2,6H2,1H3. The molecule has 1 aromatic rings. The zero-order valence-corrected chi connectivity index (χ0v) is 10.6. The third kappa shape index (κ3) is 4.74. The van der Waals surface area contributed by atoms with Crippen LogP contribution in [0.3, 0.4) is 0 Å². The Hall–Kier alpha value is -0.450. The lowest BCUT2D eigenvalue weighted by molar-refractivity contribution is -0.126. The Labute approximate surface area is 108 Å². The molecule has 1 aromatic carbocycles. The Morgan fingerprint density at radius 3 is 2.35 bits per heavy atom. The van der Waals surface area contributed by atoms with Crippen LogP contribution < -0.4 is 5.32 Å². The molecule has 1 N–H and O–H groups in total. The molecule has 1 nitrogen and oxygen atoms in total. The first-order valence-corrected chi connectivity index (χ1v) is 5.84. The Morgan fingerprint density at radius 2 is 1.88 bits per heavy atom. The molecule has 0 aliphatic carbocycles. The minimum absolute atomic E-state index is 0.344. The van der Waals surface area contributed by atoms with Gasteiger partial charge < -0.3 is 5.32 Å². The van der Waals surface area contributed by atoms with Crippen molar-refractivity contribution in [2.75, 3.05) is 6.54 Å². The number of hydrogen-bond acceptors (Lipinski definition) is 1.